The molecule has 5 nitrogen and oxygen atoms in total. The number of ketones is 1. The molecule has 96 valence electrons. The molecule has 0 atom stereocenters. The number of nitrogens with zero attached hydrogens (tertiary/aromatic N) is 3. The van der Waals surface area contributed by atoms with Crippen molar-refractivity contribution in [1.29, 1.82) is 0 Å². The van der Waals surface area contributed by atoms with Gasteiger partial charge in [0.1, 0.15) is 0 Å². The number of aromatic nitrogens is 3. The second-order valence-corrected chi connectivity index (χ2v) is 6.19. The Labute approximate surface area is 113 Å². The fraction of sp³-hybridized carbons (Fsp3) is 0.364. The summed E-state index contributed by atoms with van der Waals surface area (Å²) >= 11 is 2.67. The predicted molar refractivity (Wildman–Crippen MR) is 74.3 cm³/mol. The molecule has 2 heterocycles. The highest BCUT2D eigenvalue weighted by molar-refractivity contribution is 8.01. The number of nitrogens with two attached hydrogens (primary N) is 1. The zero-order chi connectivity index (χ0) is 13.3. The SMILES string of the molecule is Cc1cc(C(=O)CSc2nnc(N)s2)c(C)n1C. The van der Waals surface area contributed by atoms with Crippen LogP contribution in [0.3, 0.4) is 0 Å². The van der Waals surface area contributed by atoms with Crippen LogP contribution in [0.4, 0.5) is 5.13 Å². The number of aryl methyl sites for hydroxylation is 1. The van der Waals surface area contributed by atoms with Gasteiger partial charge >= 0.3 is 0 Å². The molecule has 18 heavy (non-hydrogen) atoms. The van der Waals surface area contributed by atoms with Crippen LogP contribution in [0.1, 0.15) is 21.7 Å². The molecular formula is C11H14N4OS2. The number of hydrogen-bond donors (Lipinski definition) is 1. The molecule has 0 fully saturated rings. The van der Waals surface area contributed by atoms with Crippen LogP contribution >= 0.6 is 23.1 Å². The van der Waals surface area contributed by atoms with Crippen LogP contribution in [0.15, 0.2) is 10.4 Å². The fourth-order valence-corrected chi connectivity index (χ4v) is 3.14. The third-order valence-electron chi connectivity index (χ3n) is 2.82. The molecule has 2 rings (SSSR count). The largest absolute Gasteiger partial charge is 0.374 e. The van der Waals surface area contributed by atoms with Crippen LogP contribution in [0.2, 0.25) is 0 Å². The van der Waals surface area contributed by atoms with Crippen molar-refractivity contribution in [1.82, 2.24) is 14.8 Å². The van der Waals surface area contributed by atoms with E-state index < -0.39 is 0 Å². The van der Waals surface area contributed by atoms with Crippen molar-refractivity contribution in [3.8, 4) is 0 Å². The lowest BCUT2D eigenvalue weighted by Gasteiger charge is -2.01. The van der Waals surface area contributed by atoms with Crippen molar-refractivity contribution >= 4 is 34.0 Å². The molecule has 2 N–H and O–H groups in total. The molecule has 7 heteroatoms. The average Bonchev–Trinajstić information content (AvgIpc) is 2.86. The highest BCUT2D eigenvalue weighted by Crippen LogP contribution is 2.25. The third-order valence-corrected chi connectivity index (χ3v) is 4.71. The van der Waals surface area contributed by atoms with E-state index >= 15 is 0 Å². The quantitative estimate of drug-likeness (QED) is 0.686. The number of carbonyl (C=O) groups is 1. The van der Waals surface area contributed by atoms with Crippen molar-refractivity contribution in [3.63, 3.8) is 0 Å². The van der Waals surface area contributed by atoms with Gasteiger partial charge in [-0.3, -0.25) is 4.79 Å². The lowest BCUT2D eigenvalue weighted by Crippen LogP contribution is -2.04. The standard InChI is InChI=1S/C11H14N4OS2/c1-6-4-8(7(2)15(6)3)9(16)5-17-11-14-13-10(12)18-11/h4H,5H2,1-3H3,(H2,12,13). The van der Waals surface area contributed by atoms with E-state index in [-0.39, 0.29) is 5.78 Å². The van der Waals surface area contributed by atoms with Crippen molar-refractivity contribution in [2.45, 2.75) is 18.2 Å². The second kappa shape index (κ2) is 5.11. The van der Waals surface area contributed by atoms with E-state index in [0.717, 1.165) is 21.3 Å². The van der Waals surface area contributed by atoms with Gasteiger partial charge in [0.25, 0.3) is 0 Å². The highest BCUT2D eigenvalue weighted by Gasteiger charge is 2.15. The summed E-state index contributed by atoms with van der Waals surface area (Å²) in [7, 11) is 1.96. The Hall–Kier alpha value is -1.34. The first-order valence-corrected chi connectivity index (χ1v) is 7.17. The Morgan fingerprint density at radius 3 is 2.72 bits per heavy atom. The topological polar surface area (TPSA) is 73.8 Å². The highest BCUT2D eigenvalue weighted by atomic mass is 32.2. The first kappa shape index (κ1) is 13.1. The van der Waals surface area contributed by atoms with E-state index in [4.69, 9.17) is 5.73 Å². The second-order valence-electron chi connectivity index (χ2n) is 3.96. The first-order valence-electron chi connectivity index (χ1n) is 5.37. The van der Waals surface area contributed by atoms with E-state index in [9.17, 15) is 4.79 Å². The molecule has 0 amide bonds. The number of anilines is 1. The van der Waals surface area contributed by atoms with E-state index in [1.807, 2.05) is 31.5 Å². The van der Waals surface area contributed by atoms with Gasteiger partial charge in [0.05, 0.1) is 5.75 Å². The molecule has 2 aromatic rings. The number of thioether (sulfide) groups is 1. The summed E-state index contributed by atoms with van der Waals surface area (Å²) in [4.78, 5) is 12.1. The maximum Gasteiger partial charge on any atom is 0.203 e. The minimum absolute atomic E-state index is 0.106. The Balaban J connectivity index is 2.06. The lowest BCUT2D eigenvalue weighted by atomic mass is 10.2. The van der Waals surface area contributed by atoms with Crippen molar-refractivity contribution in [2.24, 2.45) is 7.05 Å². The minimum Gasteiger partial charge on any atom is -0.374 e. The molecule has 0 radical (unpaired) electrons. The minimum atomic E-state index is 0.106. The van der Waals surface area contributed by atoms with Gasteiger partial charge in [0, 0.05) is 24.0 Å². The third kappa shape index (κ3) is 2.56. The summed E-state index contributed by atoms with van der Waals surface area (Å²) in [6.45, 7) is 3.94. The summed E-state index contributed by atoms with van der Waals surface area (Å²) in [6, 6.07) is 1.92. The van der Waals surface area contributed by atoms with Crippen LogP contribution in [0.25, 0.3) is 0 Å². The maximum absolute atomic E-state index is 12.1. The van der Waals surface area contributed by atoms with Gasteiger partial charge in [-0.25, -0.2) is 0 Å². The average molecular weight is 282 g/mol. The van der Waals surface area contributed by atoms with Crippen LogP contribution < -0.4 is 5.73 Å². The van der Waals surface area contributed by atoms with Gasteiger partial charge in [0.15, 0.2) is 10.1 Å². The molecule has 0 aromatic carbocycles. The lowest BCUT2D eigenvalue weighted by molar-refractivity contribution is 0.102. The summed E-state index contributed by atoms with van der Waals surface area (Å²) < 4.78 is 2.74. The monoisotopic (exact) mass is 282 g/mol. The number of Topliss-reactive ketones (excluding diaryl/α,β-unsaturated/α-hetero) is 1. The molecule has 0 spiro atoms. The zero-order valence-corrected chi connectivity index (χ0v) is 12.1. The van der Waals surface area contributed by atoms with Gasteiger partial charge in [0.2, 0.25) is 5.13 Å². The smallest absolute Gasteiger partial charge is 0.203 e. The van der Waals surface area contributed by atoms with Gasteiger partial charge in [-0.2, -0.15) is 0 Å². The summed E-state index contributed by atoms with van der Waals surface area (Å²) in [5.74, 6) is 0.467. The van der Waals surface area contributed by atoms with Crippen LogP contribution in [-0.4, -0.2) is 26.3 Å². The first-order chi connectivity index (χ1) is 8.49. The molecule has 0 saturated carbocycles. The van der Waals surface area contributed by atoms with Gasteiger partial charge in [-0.15, -0.1) is 10.2 Å². The van der Waals surface area contributed by atoms with Crippen LogP contribution in [0.5, 0.6) is 0 Å². The van der Waals surface area contributed by atoms with Crippen LogP contribution in [0, 0.1) is 13.8 Å². The number of carbonyl (C=O) groups excluding carboxylic acids is 1. The molecule has 0 aliphatic carbocycles. The van der Waals surface area contributed by atoms with E-state index in [1.54, 1.807) is 0 Å². The number of rotatable bonds is 4. The Kier molecular flexibility index (Phi) is 3.72. The zero-order valence-electron chi connectivity index (χ0n) is 10.4. The van der Waals surface area contributed by atoms with Gasteiger partial charge in [-0.05, 0) is 19.9 Å². The van der Waals surface area contributed by atoms with E-state index in [1.165, 1.54) is 23.1 Å². The van der Waals surface area contributed by atoms with E-state index in [2.05, 4.69) is 10.2 Å². The summed E-state index contributed by atoms with van der Waals surface area (Å²) in [5.41, 5.74) is 8.34. The summed E-state index contributed by atoms with van der Waals surface area (Å²) in [5, 5.41) is 8.02. The van der Waals surface area contributed by atoms with Gasteiger partial charge < -0.3 is 10.3 Å². The number of hydrogen-bond acceptors (Lipinski definition) is 6. The van der Waals surface area contributed by atoms with Crippen molar-refractivity contribution in [3.05, 3.63) is 23.0 Å². The molecule has 2 aromatic heterocycles. The van der Waals surface area contributed by atoms with Crippen molar-refractivity contribution in [2.75, 3.05) is 11.5 Å². The maximum atomic E-state index is 12.1. The van der Waals surface area contributed by atoms with Crippen LogP contribution in [-0.2, 0) is 7.05 Å². The Morgan fingerprint density at radius 1 is 1.50 bits per heavy atom. The van der Waals surface area contributed by atoms with Gasteiger partial charge in [-0.1, -0.05) is 23.1 Å². The molecule has 0 saturated heterocycles. The van der Waals surface area contributed by atoms with Crippen molar-refractivity contribution < 1.29 is 4.79 Å². The molecular weight excluding hydrogens is 268 g/mol. The van der Waals surface area contributed by atoms with E-state index in [0.29, 0.717) is 10.9 Å². The number of nitrogen functional groups attached to an aromatic ring is 1. The fourth-order valence-electron chi connectivity index (χ4n) is 1.62. The summed E-state index contributed by atoms with van der Waals surface area (Å²) in [6.07, 6.45) is 0. The molecule has 0 aliphatic heterocycles. The Morgan fingerprint density at radius 2 is 2.22 bits per heavy atom. The molecule has 0 unspecified atom stereocenters. The Bertz CT molecular complexity index is 588. The normalized spacial score (nSPS) is 10.8. The predicted octanol–water partition coefficient (Wildman–Crippen LogP) is 2.05. The molecule has 0 bridgehead atoms. The molecule has 0 aliphatic rings.